The van der Waals surface area contributed by atoms with Gasteiger partial charge in [0.2, 0.25) is 11.7 Å². The van der Waals surface area contributed by atoms with Crippen molar-refractivity contribution in [3.05, 3.63) is 92.4 Å². The summed E-state index contributed by atoms with van der Waals surface area (Å²) in [5.41, 5.74) is -2.62. The molecule has 3 aliphatic heterocycles. The Labute approximate surface area is 356 Å². The number of rotatable bonds is 7. The van der Waals surface area contributed by atoms with E-state index in [4.69, 9.17) is 16.3 Å². The highest BCUT2D eigenvalue weighted by molar-refractivity contribution is 7.90. The largest absolute Gasteiger partial charge is 0.504 e. The van der Waals surface area contributed by atoms with Crippen LogP contribution in [0.25, 0.3) is 17.2 Å². The molecule has 3 aliphatic rings. The minimum atomic E-state index is -4.68. The fraction of sp³-hybridized carbons (Fsp3) is 0.410. The number of halogens is 5. The Kier molecular flexibility index (Phi) is 11.0. The van der Waals surface area contributed by atoms with Crippen molar-refractivity contribution in [2.75, 3.05) is 62.8 Å². The van der Waals surface area contributed by atoms with Gasteiger partial charge in [-0.15, -0.1) is 5.10 Å². The molecule has 0 radical (unpaired) electrons. The fourth-order valence-electron chi connectivity index (χ4n) is 8.21. The number of carbonyl (C=O) groups excluding carboxylic acids is 2. The second kappa shape index (κ2) is 15.9. The molecule has 2 aromatic carbocycles. The van der Waals surface area contributed by atoms with E-state index < -0.39 is 75.7 Å². The zero-order chi connectivity index (χ0) is 44.5. The first-order valence-corrected chi connectivity index (χ1v) is 21.6. The third-order valence-electron chi connectivity index (χ3n) is 11.5. The number of ether oxygens (including phenoxy) is 1. The number of amides is 2. The van der Waals surface area contributed by atoms with E-state index in [1.54, 1.807) is 25.3 Å². The summed E-state index contributed by atoms with van der Waals surface area (Å²) in [4.78, 5) is 57.6. The number of hydrogen-bond acceptors (Lipinski definition) is 12. The zero-order valence-corrected chi connectivity index (χ0v) is 35.3. The van der Waals surface area contributed by atoms with Crippen LogP contribution in [-0.2, 0) is 37.8 Å². The number of piperazine rings is 1. The van der Waals surface area contributed by atoms with Gasteiger partial charge >= 0.3 is 6.18 Å². The van der Waals surface area contributed by atoms with Crippen molar-refractivity contribution in [2.45, 2.75) is 50.9 Å². The van der Waals surface area contributed by atoms with Crippen molar-refractivity contribution in [2.24, 2.45) is 4.36 Å². The second-order valence-electron chi connectivity index (χ2n) is 15.2. The lowest BCUT2D eigenvalue weighted by atomic mass is 9.83. The number of aromatic nitrogens is 6. The molecule has 6 heterocycles. The minimum Gasteiger partial charge on any atom is -0.504 e. The van der Waals surface area contributed by atoms with Crippen LogP contribution >= 0.6 is 11.6 Å². The van der Waals surface area contributed by atoms with Crippen molar-refractivity contribution < 1.29 is 41.2 Å². The molecule has 0 saturated carbocycles. The average Bonchev–Trinajstić information content (AvgIpc) is 3.82. The topological polar surface area (TPSA) is 193 Å². The van der Waals surface area contributed by atoms with E-state index in [-0.39, 0.29) is 57.9 Å². The Bertz CT molecular complexity index is 2810. The number of aromatic hydroxyl groups is 1. The van der Waals surface area contributed by atoms with Gasteiger partial charge in [-0.1, -0.05) is 11.6 Å². The van der Waals surface area contributed by atoms with Gasteiger partial charge in [0.1, 0.15) is 28.4 Å². The molecule has 5 aromatic rings. The Morgan fingerprint density at radius 1 is 1.10 bits per heavy atom. The minimum absolute atomic E-state index is 0.0946. The van der Waals surface area contributed by atoms with Crippen LogP contribution in [0.3, 0.4) is 0 Å². The maximum absolute atomic E-state index is 16.9. The van der Waals surface area contributed by atoms with Gasteiger partial charge in [0.15, 0.2) is 23.4 Å². The number of aryl methyl sites for hydroxylation is 1. The monoisotopic (exact) mass is 901 g/mol. The molecule has 0 aliphatic carbocycles. The van der Waals surface area contributed by atoms with E-state index in [1.807, 2.05) is 16.4 Å². The molecular formula is C39H40ClF4N11O6S. The predicted molar refractivity (Wildman–Crippen MR) is 219 cm³/mol. The summed E-state index contributed by atoms with van der Waals surface area (Å²) in [5.74, 6) is -1.98. The molecule has 8 rings (SSSR count). The smallest absolute Gasteiger partial charge is 0.416 e. The van der Waals surface area contributed by atoms with E-state index in [9.17, 15) is 36.9 Å². The number of fused-ring (bicyclic) bond motifs is 3. The Morgan fingerprint density at radius 3 is 2.45 bits per heavy atom. The Morgan fingerprint density at radius 2 is 1.81 bits per heavy atom. The molecule has 0 bridgehead atoms. The van der Waals surface area contributed by atoms with E-state index in [0.717, 1.165) is 33.6 Å². The summed E-state index contributed by atoms with van der Waals surface area (Å²) in [6.45, 7) is 4.09. The Balaban J connectivity index is 1.16. The number of piperidine rings is 1. The lowest BCUT2D eigenvalue weighted by Gasteiger charge is -2.41. The fourth-order valence-corrected chi connectivity index (χ4v) is 9.51. The van der Waals surface area contributed by atoms with Gasteiger partial charge in [-0.05, 0) is 56.3 Å². The van der Waals surface area contributed by atoms with Gasteiger partial charge in [-0.3, -0.25) is 14.4 Å². The van der Waals surface area contributed by atoms with E-state index in [2.05, 4.69) is 34.6 Å². The van der Waals surface area contributed by atoms with E-state index in [0.29, 0.717) is 37.8 Å². The second-order valence-corrected chi connectivity index (χ2v) is 18.0. The van der Waals surface area contributed by atoms with Crippen molar-refractivity contribution >= 4 is 50.5 Å². The Hall–Kier alpha value is -5.71. The van der Waals surface area contributed by atoms with E-state index >= 15 is 4.39 Å². The summed E-state index contributed by atoms with van der Waals surface area (Å²) < 4.78 is 84.2. The molecule has 1 unspecified atom stereocenters. The molecular weight excluding hydrogens is 862 g/mol. The maximum Gasteiger partial charge on any atom is 0.416 e. The van der Waals surface area contributed by atoms with Gasteiger partial charge < -0.3 is 29.5 Å². The van der Waals surface area contributed by atoms with Crippen LogP contribution in [0.2, 0.25) is 5.02 Å². The van der Waals surface area contributed by atoms with Crippen LogP contribution in [0.4, 0.5) is 28.9 Å². The van der Waals surface area contributed by atoms with Gasteiger partial charge in [0.05, 0.1) is 45.9 Å². The standard InChI is InChI=1S/C39H40ClF4N11O6S/c1-21-33(57)31(47-20-46-21)36(59)52-12-11-38(28(41)18-52)30-32(22(2)61-38)54(19-29(56)48-27-10-7-24(17-26(27)40)39(42,43)44)37-49-34(50-55(37)35(30)58)23-5-8-25(9-6-23)51-13-15-53(16-14-51)62(4,60)45-3/h5-10,17,20,22,28,57H,11-16,18-19H2,1-4H3,(H,48,56)/t22-,28+,38+,62?/m1/s1. The molecule has 4 atom stereocenters. The van der Waals surface area contributed by atoms with Crippen LogP contribution < -0.4 is 15.8 Å². The van der Waals surface area contributed by atoms with Crippen molar-refractivity contribution in [3.63, 3.8) is 0 Å². The number of anilines is 2. The molecule has 2 amide bonds. The third kappa shape index (κ3) is 7.51. The number of carbonyl (C=O) groups is 2. The number of likely N-dealkylation sites (tertiary alicyclic amines) is 1. The van der Waals surface area contributed by atoms with Crippen LogP contribution in [0.1, 0.15) is 52.5 Å². The maximum atomic E-state index is 16.9. The number of alkyl halides is 4. The van der Waals surface area contributed by atoms with Crippen molar-refractivity contribution in [1.29, 1.82) is 0 Å². The van der Waals surface area contributed by atoms with Gasteiger partial charge in [0.25, 0.3) is 11.5 Å². The molecule has 2 saturated heterocycles. The molecule has 2 N–H and O–H groups in total. The van der Waals surface area contributed by atoms with Gasteiger partial charge in [-0.25, -0.2) is 27.2 Å². The number of nitrogens with zero attached hydrogens (tertiary/aromatic N) is 10. The third-order valence-corrected chi connectivity index (χ3v) is 13.8. The first-order valence-electron chi connectivity index (χ1n) is 19.4. The van der Waals surface area contributed by atoms with Gasteiger partial charge in [-0.2, -0.15) is 22.7 Å². The highest BCUT2D eigenvalue weighted by Gasteiger charge is 2.56. The first-order chi connectivity index (χ1) is 29.3. The quantitative estimate of drug-likeness (QED) is 0.217. The van der Waals surface area contributed by atoms with Crippen molar-refractivity contribution in [1.82, 2.24) is 38.3 Å². The summed E-state index contributed by atoms with van der Waals surface area (Å²) >= 11 is 6.16. The normalized spacial score (nSPS) is 21.6. The SMILES string of the molecule is CN=S(C)(=O)N1CCN(c2ccc(-c3nc4n(CC(=O)Nc5ccc(C(F)(F)F)cc5Cl)c5c(c(=O)n4n3)[C@@]3(CCN(C(=O)c4ncnc(C)c4O)C[C@@H]3F)O[C@@H]5C)cc2)CC1. The summed E-state index contributed by atoms with van der Waals surface area (Å²) in [6, 6.07) is 9.70. The van der Waals surface area contributed by atoms with Crippen LogP contribution in [-0.4, -0.2) is 118 Å². The lowest BCUT2D eigenvalue weighted by molar-refractivity contribution is -0.143. The molecule has 2 fully saturated rings. The molecule has 17 nitrogen and oxygen atoms in total. The first kappa shape index (κ1) is 43.0. The molecule has 328 valence electrons. The summed E-state index contributed by atoms with van der Waals surface area (Å²) in [6.07, 6.45) is -5.18. The number of benzene rings is 2. The predicted octanol–water partition coefficient (Wildman–Crippen LogP) is 4.61. The zero-order valence-electron chi connectivity index (χ0n) is 33.7. The molecule has 62 heavy (non-hydrogen) atoms. The lowest BCUT2D eigenvalue weighted by Crippen LogP contribution is -2.55. The van der Waals surface area contributed by atoms with Crippen LogP contribution in [0, 0.1) is 6.92 Å². The van der Waals surface area contributed by atoms with Crippen LogP contribution in [0.15, 0.2) is 57.9 Å². The average molecular weight is 902 g/mol. The summed E-state index contributed by atoms with van der Waals surface area (Å²) in [7, 11) is -0.914. The van der Waals surface area contributed by atoms with E-state index in [1.165, 1.54) is 18.5 Å². The van der Waals surface area contributed by atoms with Gasteiger partial charge in [0, 0.05) is 63.7 Å². The molecule has 1 spiro atoms. The van der Waals surface area contributed by atoms with Crippen molar-refractivity contribution in [3.8, 4) is 17.1 Å². The molecule has 23 heteroatoms. The molecule has 3 aromatic heterocycles. The number of hydrogen-bond donors (Lipinski definition) is 2. The number of nitrogens with one attached hydrogen (secondary N) is 1. The highest BCUT2D eigenvalue weighted by atomic mass is 35.5. The summed E-state index contributed by atoms with van der Waals surface area (Å²) in [5, 5.41) is 17.2. The highest BCUT2D eigenvalue weighted by Crippen LogP contribution is 2.49. The van der Waals surface area contributed by atoms with Crippen LogP contribution in [0.5, 0.6) is 5.75 Å².